The Balaban J connectivity index is 4.98. The van der Waals surface area contributed by atoms with Crippen LogP contribution in [-0.2, 0) is 9.53 Å². The first-order valence-electron chi connectivity index (χ1n) is 4.00. The number of nitrogens with two attached hydrogens (primary N) is 1. The van der Waals surface area contributed by atoms with Gasteiger partial charge in [0.2, 0.25) is 0 Å². The van der Waals surface area contributed by atoms with Crippen molar-refractivity contribution in [2.24, 2.45) is 17.1 Å². The summed E-state index contributed by atoms with van der Waals surface area (Å²) in [5.74, 6) is -1.50. The first-order valence-corrected chi connectivity index (χ1v) is 4.00. The van der Waals surface area contributed by atoms with Crippen molar-refractivity contribution in [1.29, 1.82) is 0 Å². The fraction of sp³-hybridized carbons (Fsp3) is 0.875. The molecule has 0 aromatic heterocycles. The zero-order chi connectivity index (χ0) is 10.6. The molecule has 0 heterocycles. The summed E-state index contributed by atoms with van der Waals surface area (Å²) in [4.78, 5) is 11.2. The number of carbonyl (C=O) groups excluding carboxylic acids is 1. The quantitative estimate of drug-likeness (QED) is 0.681. The number of ether oxygens (including phenoxy) is 1. The van der Waals surface area contributed by atoms with E-state index in [1.807, 2.05) is 0 Å². The Morgan fingerprint density at radius 2 is 2.00 bits per heavy atom. The van der Waals surface area contributed by atoms with Crippen LogP contribution in [-0.4, -0.2) is 26.0 Å². The second-order valence-corrected chi connectivity index (χ2v) is 3.19. The van der Waals surface area contributed by atoms with Gasteiger partial charge in [-0.25, -0.2) is 8.78 Å². The molecule has 0 spiro atoms. The summed E-state index contributed by atoms with van der Waals surface area (Å²) < 4.78 is 29.7. The average Bonchev–Trinajstić information content (AvgIpc) is 2.04. The molecule has 1 unspecified atom stereocenters. The van der Waals surface area contributed by atoms with Crippen molar-refractivity contribution in [3.8, 4) is 0 Å². The monoisotopic (exact) mass is 195 g/mol. The molecule has 0 saturated heterocycles. The lowest BCUT2D eigenvalue weighted by Gasteiger charge is -2.32. The number of alkyl halides is 2. The van der Waals surface area contributed by atoms with E-state index in [4.69, 9.17) is 5.73 Å². The first-order chi connectivity index (χ1) is 5.93. The lowest BCUT2D eigenvalue weighted by molar-refractivity contribution is -0.167. The number of hydrogen-bond acceptors (Lipinski definition) is 3. The Morgan fingerprint density at radius 3 is 2.08 bits per heavy atom. The molecule has 0 amide bonds. The van der Waals surface area contributed by atoms with E-state index >= 15 is 0 Å². The second-order valence-electron chi connectivity index (χ2n) is 3.19. The van der Waals surface area contributed by atoms with Crippen molar-refractivity contribution in [1.82, 2.24) is 0 Å². The maximum atomic E-state index is 12.7. The number of hydrogen-bond donors (Lipinski definition) is 1. The highest BCUT2D eigenvalue weighted by Crippen LogP contribution is 2.34. The van der Waals surface area contributed by atoms with Crippen LogP contribution in [0.25, 0.3) is 0 Å². The summed E-state index contributed by atoms with van der Waals surface area (Å²) in [6, 6.07) is 0. The number of esters is 1. The van der Waals surface area contributed by atoms with Crippen molar-refractivity contribution in [3.05, 3.63) is 0 Å². The van der Waals surface area contributed by atoms with Gasteiger partial charge in [0.05, 0.1) is 7.11 Å². The number of carbonyl (C=O) groups is 1. The van der Waals surface area contributed by atoms with Crippen LogP contribution in [0.2, 0.25) is 0 Å². The van der Waals surface area contributed by atoms with Crippen LogP contribution in [0, 0.1) is 11.3 Å². The number of halogens is 2. The van der Waals surface area contributed by atoms with Gasteiger partial charge in [0.25, 0.3) is 6.43 Å². The summed E-state index contributed by atoms with van der Waals surface area (Å²) in [6.07, 6.45) is -2.80. The van der Waals surface area contributed by atoms with Crippen LogP contribution in [0.4, 0.5) is 8.78 Å². The van der Waals surface area contributed by atoms with Gasteiger partial charge in [0.1, 0.15) is 5.41 Å². The molecular formula is C8H15F2NO2. The molecule has 0 saturated carbocycles. The Hall–Kier alpha value is -0.710. The number of methoxy groups -OCH3 is 1. The van der Waals surface area contributed by atoms with Crippen LogP contribution in [0.15, 0.2) is 0 Å². The summed E-state index contributed by atoms with van der Waals surface area (Å²) >= 11 is 0. The highest BCUT2D eigenvalue weighted by molar-refractivity contribution is 5.78. The van der Waals surface area contributed by atoms with Gasteiger partial charge < -0.3 is 10.5 Å². The minimum absolute atomic E-state index is 0.408. The van der Waals surface area contributed by atoms with Crippen LogP contribution >= 0.6 is 0 Å². The second kappa shape index (κ2) is 4.50. The van der Waals surface area contributed by atoms with E-state index in [2.05, 4.69) is 4.74 Å². The minimum Gasteiger partial charge on any atom is -0.468 e. The van der Waals surface area contributed by atoms with Gasteiger partial charge in [-0.1, -0.05) is 13.8 Å². The Morgan fingerprint density at radius 1 is 1.54 bits per heavy atom. The van der Waals surface area contributed by atoms with Gasteiger partial charge in [-0.15, -0.1) is 0 Å². The topological polar surface area (TPSA) is 52.3 Å². The molecule has 0 aromatic rings. The molecule has 78 valence electrons. The average molecular weight is 195 g/mol. The molecule has 1 atom stereocenters. The lowest BCUT2D eigenvalue weighted by atomic mass is 9.77. The van der Waals surface area contributed by atoms with Crippen molar-refractivity contribution in [2.45, 2.75) is 20.3 Å². The van der Waals surface area contributed by atoms with Crippen molar-refractivity contribution >= 4 is 5.97 Å². The largest absolute Gasteiger partial charge is 0.468 e. The van der Waals surface area contributed by atoms with E-state index < -0.39 is 30.3 Å². The van der Waals surface area contributed by atoms with Crippen molar-refractivity contribution < 1.29 is 18.3 Å². The van der Waals surface area contributed by atoms with Crippen molar-refractivity contribution in [3.63, 3.8) is 0 Å². The van der Waals surface area contributed by atoms with E-state index in [9.17, 15) is 13.6 Å². The molecule has 3 nitrogen and oxygen atoms in total. The molecule has 13 heavy (non-hydrogen) atoms. The Kier molecular flexibility index (Phi) is 4.26. The SMILES string of the molecule is COC(=O)C(CN)(C(C)C)C(F)F. The van der Waals surface area contributed by atoms with Gasteiger partial charge in [0, 0.05) is 6.54 Å². The fourth-order valence-electron chi connectivity index (χ4n) is 1.17. The molecular weight excluding hydrogens is 180 g/mol. The molecule has 0 rings (SSSR count). The highest BCUT2D eigenvalue weighted by atomic mass is 19.3. The van der Waals surface area contributed by atoms with Gasteiger partial charge >= 0.3 is 5.97 Å². The van der Waals surface area contributed by atoms with Gasteiger partial charge in [0.15, 0.2) is 0 Å². The zero-order valence-corrected chi connectivity index (χ0v) is 8.01. The summed E-state index contributed by atoms with van der Waals surface area (Å²) in [5, 5.41) is 0. The first kappa shape index (κ1) is 12.3. The lowest BCUT2D eigenvalue weighted by Crippen LogP contribution is -2.49. The Labute approximate surface area is 76.2 Å². The van der Waals surface area contributed by atoms with Gasteiger partial charge in [-0.3, -0.25) is 4.79 Å². The van der Waals surface area contributed by atoms with E-state index in [0.717, 1.165) is 7.11 Å². The van der Waals surface area contributed by atoms with E-state index in [0.29, 0.717) is 0 Å². The third kappa shape index (κ3) is 1.96. The van der Waals surface area contributed by atoms with Gasteiger partial charge in [-0.05, 0) is 5.92 Å². The molecule has 2 N–H and O–H groups in total. The molecule has 0 aromatic carbocycles. The predicted molar refractivity (Wildman–Crippen MR) is 44.3 cm³/mol. The molecule has 5 heteroatoms. The molecule has 0 radical (unpaired) electrons. The van der Waals surface area contributed by atoms with E-state index in [1.54, 1.807) is 0 Å². The van der Waals surface area contributed by atoms with Crippen LogP contribution in [0.5, 0.6) is 0 Å². The summed E-state index contributed by atoms with van der Waals surface area (Å²) in [6.45, 7) is 2.64. The smallest absolute Gasteiger partial charge is 0.319 e. The maximum absolute atomic E-state index is 12.7. The third-order valence-electron chi connectivity index (χ3n) is 2.32. The molecule has 0 fully saturated rings. The summed E-state index contributed by atoms with van der Waals surface area (Å²) in [5.41, 5.74) is 3.34. The maximum Gasteiger partial charge on any atom is 0.319 e. The van der Waals surface area contributed by atoms with Crippen LogP contribution < -0.4 is 5.73 Å². The normalized spacial score (nSPS) is 16.0. The highest BCUT2D eigenvalue weighted by Gasteiger charge is 2.50. The standard InChI is InChI=1S/C8H15F2NO2/c1-5(2)8(4-11,6(9)10)7(12)13-3/h5-6H,4,11H2,1-3H3. The fourth-order valence-corrected chi connectivity index (χ4v) is 1.17. The molecule has 0 aliphatic rings. The minimum atomic E-state index is -2.80. The van der Waals surface area contributed by atoms with E-state index in [-0.39, 0.29) is 0 Å². The van der Waals surface area contributed by atoms with E-state index in [1.165, 1.54) is 13.8 Å². The predicted octanol–water partition coefficient (Wildman–Crippen LogP) is 1.03. The van der Waals surface area contributed by atoms with Gasteiger partial charge in [-0.2, -0.15) is 0 Å². The Bertz CT molecular complexity index is 175. The van der Waals surface area contributed by atoms with Crippen LogP contribution in [0.3, 0.4) is 0 Å². The molecule has 0 aliphatic carbocycles. The molecule has 0 aliphatic heterocycles. The zero-order valence-electron chi connectivity index (χ0n) is 8.01. The van der Waals surface area contributed by atoms with Crippen LogP contribution in [0.1, 0.15) is 13.8 Å². The summed E-state index contributed by atoms with van der Waals surface area (Å²) in [7, 11) is 1.08. The molecule has 0 bridgehead atoms. The number of rotatable bonds is 4. The third-order valence-corrected chi connectivity index (χ3v) is 2.32. The van der Waals surface area contributed by atoms with Crippen molar-refractivity contribution in [2.75, 3.05) is 13.7 Å².